The minimum Gasteiger partial charge on any atom is -0.359 e. The van der Waals surface area contributed by atoms with Gasteiger partial charge in [-0.25, -0.2) is 4.79 Å². The van der Waals surface area contributed by atoms with E-state index in [2.05, 4.69) is 26.7 Å². The van der Waals surface area contributed by atoms with Crippen molar-refractivity contribution in [3.05, 3.63) is 66.5 Å². The van der Waals surface area contributed by atoms with E-state index < -0.39 is 0 Å². The molecule has 2 aromatic heterocycles. The van der Waals surface area contributed by atoms with Crippen LogP contribution in [0.1, 0.15) is 5.69 Å². The number of nitrogens with zero attached hydrogens (tertiary/aromatic N) is 1. The van der Waals surface area contributed by atoms with Crippen LogP contribution in [0.25, 0.3) is 21.8 Å². The zero-order chi connectivity index (χ0) is 16.5. The lowest BCUT2D eigenvalue weighted by molar-refractivity contribution is 0.262. The summed E-state index contributed by atoms with van der Waals surface area (Å²) in [5, 5.41) is 7.77. The third-order valence-corrected chi connectivity index (χ3v) is 3.87. The molecule has 6 heteroatoms. The van der Waals surface area contributed by atoms with Crippen LogP contribution in [0.5, 0.6) is 0 Å². The van der Waals surface area contributed by atoms with Gasteiger partial charge in [-0.2, -0.15) is 0 Å². The van der Waals surface area contributed by atoms with Crippen LogP contribution in [0, 0.1) is 6.92 Å². The van der Waals surface area contributed by atoms with E-state index in [0.29, 0.717) is 0 Å². The number of urea groups is 1. The smallest absolute Gasteiger partial charge is 0.323 e. The van der Waals surface area contributed by atoms with Gasteiger partial charge in [0.25, 0.3) is 0 Å². The fraction of sp³-hybridized carbons (Fsp3) is 0.0526. The Hall–Kier alpha value is -3.05. The molecule has 2 amide bonds. The van der Waals surface area contributed by atoms with Gasteiger partial charge in [0.1, 0.15) is 0 Å². The summed E-state index contributed by atoms with van der Waals surface area (Å²) in [5.74, 6) is 0. The third-order valence-electron chi connectivity index (χ3n) is 3.87. The quantitative estimate of drug-likeness (QED) is 0.470. The van der Waals surface area contributed by atoms with Gasteiger partial charge in [0.05, 0.1) is 5.52 Å². The summed E-state index contributed by atoms with van der Waals surface area (Å²) in [7, 11) is 0. The van der Waals surface area contributed by atoms with Crippen molar-refractivity contribution in [2.24, 2.45) is 0 Å². The molecule has 0 radical (unpaired) electrons. The number of aryl methyl sites for hydroxylation is 1. The highest BCUT2D eigenvalue weighted by atomic mass is 35.5. The van der Waals surface area contributed by atoms with E-state index in [1.54, 1.807) is 6.20 Å². The molecule has 126 valence electrons. The number of halogens is 1. The van der Waals surface area contributed by atoms with E-state index >= 15 is 0 Å². The van der Waals surface area contributed by atoms with E-state index in [0.717, 1.165) is 38.9 Å². The lowest BCUT2D eigenvalue weighted by Crippen LogP contribution is -2.19. The molecule has 0 saturated carbocycles. The number of H-pyrrole nitrogens is 1. The third kappa shape index (κ3) is 3.56. The highest BCUT2D eigenvalue weighted by Gasteiger charge is 2.05. The maximum absolute atomic E-state index is 12.2. The minimum absolute atomic E-state index is 0. The normalized spacial score (nSPS) is 10.4. The minimum atomic E-state index is -0.273. The molecule has 0 bridgehead atoms. The zero-order valence-corrected chi connectivity index (χ0v) is 14.4. The van der Waals surface area contributed by atoms with Gasteiger partial charge in [0.2, 0.25) is 0 Å². The molecule has 3 N–H and O–H groups in total. The van der Waals surface area contributed by atoms with Crippen LogP contribution < -0.4 is 10.6 Å². The maximum atomic E-state index is 12.2. The van der Waals surface area contributed by atoms with Crippen LogP contribution in [0.3, 0.4) is 0 Å². The Labute approximate surface area is 150 Å². The average molecular weight is 353 g/mol. The van der Waals surface area contributed by atoms with Crippen molar-refractivity contribution >= 4 is 51.6 Å². The van der Waals surface area contributed by atoms with Crippen LogP contribution >= 0.6 is 12.4 Å². The average Bonchev–Trinajstić information content (AvgIpc) is 2.94. The molecular formula is C19H17ClN4O. The van der Waals surface area contributed by atoms with Crippen molar-refractivity contribution in [1.82, 2.24) is 9.97 Å². The Morgan fingerprint density at radius 2 is 1.68 bits per heavy atom. The summed E-state index contributed by atoms with van der Waals surface area (Å²) in [6, 6.07) is 17.0. The number of carbonyl (C=O) groups is 1. The predicted molar refractivity (Wildman–Crippen MR) is 105 cm³/mol. The summed E-state index contributed by atoms with van der Waals surface area (Å²) in [6.07, 6.45) is 1.75. The van der Waals surface area contributed by atoms with Gasteiger partial charge < -0.3 is 15.6 Å². The van der Waals surface area contributed by atoms with Crippen LogP contribution in [0.4, 0.5) is 16.2 Å². The molecule has 0 aliphatic rings. The van der Waals surface area contributed by atoms with Gasteiger partial charge >= 0.3 is 6.03 Å². The van der Waals surface area contributed by atoms with Crippen molar-refractivity contribution in [1.29, 1.82) is 0 Å². The zero-order valence-electron chi connectivity index (χ0n) is 13.5. The molecule has 4 rings (SSSR count). The SMILES string of the molecule is Cc1cc2cc(NC(=O)Nc3ccc4ncccc4c3)ccc2[nH]1.Cl. The molecule has 2 aromatic carbocycles. The molecule has 0 aliphatic heterocycles. The summed E-state index contributed by atoms with van der Waals surface area (Å²) in [5.41, 5.74) is 4.53. The Balaban J connectivity index is 0.00000182. The molecule has 25 heavy (non-hydrogen) atoms. The van der Waals surface area contributed by atoms with Crippen LogP contribution in [-0.2, 0) is 0 Å². The molecule has 4 aromatic rings. The van der Waals surface area contributed by atoms with Crippen LogP contribution in [0.2, 0.25) is 0 Å². The fourth-order valence-corrected chi connectivity index (χ4v) is 2.80. The summed E-state index contributed by atoms with van der Waals surface area (Å²) in [6.45, 7) is 2.01. The molecule has 0 fully saturated rings. The van der Waals surface area contributed by atoms with Crippen LogP contribution in [-0.4, -0.2) is 16.0 Å². The summed E-state index contributed by atoms with van der Waals surface area (Å²) in [4.78, 5) is 19.7. The number of hydrogen-bond donors (Lipinski definition) is 3. The number of nitrogens with one attached hydrogen (secondary N) is 3. The van der Waals surface area contributed by atoms with Crippen LogP contribution in [0.15, 0.2) is 60.8 Å². The maximum Gasteiger partial charge on any atom is 0.323 e. The van der Waals surface area contributed by atoms with Crippen molar-refractivity contribution in [2.45, 2.75) is 6.92 Å². The Morgan fingerprint density at radius 1 is 0.960 bits per heavy atom. The number of benzene rings is 2. The Morgan fingerprint density at radius 3 is 2.48 bits per heavy atom. The Kier molecular flexibility index (Phi) is 4.59. The van der Waals surface area contributed by atoms with Gasteiger partial charge in [-0.15, -0.1) is 12.4 Å². The number of aromatic amines is 1. The summed E-state index contributed by atoms with van der Waals surface area (Å²) < 4.78 is 0. The monoisotopic (exact) mass is 352 g/mol. The number of amides is 2. The molecular weight excluding hydrogens is 336 g/mol. The first-order chi connectivity index (χ1) is 11.7. The lowest BCUT2D eigenvalue weighted by Gasteiger charge is -2.08. The first-order valence-corrected chi connectivity index (χ1v) is 7.69. The number of anilines is 2. The highest BCUT2D eigenvalue weighted by molar-refractivity contribution is 6.02. The molecule has 2 heterocycles. The van der Waals surface area contributed by atoms with E-state index in [1.165, 1.54) is 0 Å². The standard InChI is InChI=1S/C19H16N4O.ClH/c1-12-9-14-11-16(5-7-18(14)21-12)23-19(24)22-15-4-6-17-13(10-15)3-2-8-20-17;/h2-11,21H,1H3,(H2,22,23,24);1H. The molecule has 0 atom stereocenters. The highest BCUT2D eigenvalue weighted by Crippen LogP contribution is 2.21. The van der Waals surface area contributed by atoms with Gasteiger partial charge in [0.15, 0.2) is 0 Å². The molecule has 0 aliphatic carbocycles. The van der Waals surface area contributed by atoms with E-state index in [1.807, 2.05) is 55.5 Å². The largest absolute Gasteiger partial charge is 0.359 e. The number of carbonyl (C=O) groups excluding carboxylic acids is 1. The number of pyridine rings is 1. The number of aromatic nitrogens is 2. The van der Waals surface area contributed by atoms with Gasteiger partial charge in [0, 0.05) is 39.6 Å². The van der Waals surface area contributed by atoms with Gasteiger partial charge in [-0.1, -0.05) is 6.07 Å². The molecule has 0 spiro atoms. The number of fused-ring (bicyclic) bond motifs is 2. The second-order valence-electron chi connectivity index (χ2n) is 5.74. The first kappa shape index (κ1) is 16.8. The molecule has 0 unspecified atom stereocenters. The van der Waals surface area contributed by atoms with Gasteiger partial charge in [-0.05, 0) is 55.5 Å². The number of rotatable bonds is 2. The Bertz CT molecular complexity index is 1060. The van der Waals surface area contributed by atoms with E-state index in [-0.39, 0.29) is 18.4 Å². The topological polar surface area (TPSA) is 69.8 Å². The second-order valence-corrected chi connectivity index (χ2v) is 5.74. The van der Waals surface area contributed by atoms with Crippen molar-refractivity contribution < 1.29 is 4.79 Å². The van der Waals surface area contributed by atoms with Gasteiger partial charge in [-0.3, -0.25) is 4.98 Å². The predicted octanol–water partition coefficient (Wildman–Crippen LogP) is 5.09. The lowest BCUT2D eigenvalue weighted by atomic mass is 10.2. The van der Waals surface area contributed by atoms with E-state index in [9.17, 15) is 4.79 Å². The molecule has 0 saturated heterocycles. The van der Waals surface area contributed by atoms with Crippen molar-refractivity contribution in [3.8, 4) is 0 Å². The number of hydrogen-bond acceptors (Lipinski definition) is 2. The van der Waals surface area contributed by atoms with Crippen molar-refractivity contribution in [2.75, 3.05) is 10.6 Å². The fourth-order valence-electron chi connectivity index (χ4n) is 2.80. The molecule has 5 nitrogen and oxygen atoms in total. The first-order valence-electron chi connectivity index (χ1n) is 7.69. The second kappa shape index (κ2) is 6.83. The van der Waals surface area contributed by atoms with Crippen molar-refractivity contribution in [3.63, 3.8) is 0 Å². The van der Waals surface area contributed by atoms with E-state index in [4.69, 9.17) is 0 Å². The summed E-state index contributed by atoms with van der Waals surface area (Å²) >= 11 is 0.